The van der Waals surface area contributed by atoms with Crippen LogP contribution in [0.5, 0.6) is 0 Å². The number of aliphatic hydroxyl groups is 3. The van der Waals surface area contributed by atoms with Gasteiger partial charge in [-0.25, -0.2) is 0 Å². The molecule has 0 aliphatic carbocycles. The first-order chi connectivity index (χ1) is 56.1. The van der Waals surface area contributed by atoms with Gasteiger partial charge in [0.25, 0.3) is 0 Å². The molecule has 0 saturated carbocycles. The quantitative estimate of drug-likeness (QED) is 0.0222. The van der Waals surface area contributed by atoms with Crippen molar-refractivity contribution in [3.63, 3.8) is 0 Å². The van der Waals surface area contributed by atoms with E-state index in [1.807, 2.05) is 0 Å². The number of carboxylic acids is 2. The summed E-state index contributed by atoms with van der Waals surface area (Å²) < 4.78 is 0. The van der Waals surface area contributed by atoms with E-state index in [1.54, 1.807) is 56.3 Å². The van der Waals surface area contributed by atoms with Gasteiger partial charge < -0.3 is 122 Å². The minimum Gasteiger partial charge on any atom is -0.481 e. The minimum atomic E-state index is -2.15. The number of nitrogens with zero attached hydrogens (tertiary/aromatic N) is 1. The fourth-order valence-corrected chi connectivity index (χ4v) is 13.1. The van der Waals surface area contributed by atoms with Gasteiger partial charge in [-0.05, 0) is 115 Å². The van der Waals surface area contributed by atoms with E-state index in [-0.39, 0.29) is 90.1 Å². The number of benzene rings is 1. The number of nitrogens with one attached hydrogen (secondary N) is 13. The van der Waals surface area contributed by atoms with E-state index in [0.29, 0.717) is 37.7 Å². The van der Waals surface area contributed by atoms with Crippen LogP contribution >= 0.6 is 0 Å². The molecule has 17 amide bonds. The number of aliphatic carboxylic acids is 2. The van der Waals surface area contributed by atoms with Gasteiger partial charge in [0.15, 0.2) is 0 Å². The maximum absolute atomic E-state index is 15.3. The summed E-state index contributed by atoms with van der Waals surface area (Å²) in [6, 6.07) is -12.5. The van der Waals surface area contributed by atoms with Crippen molar-refractivity contribution in [3.8, 4) is 0 Å². The zero-order chi connectivity index (χ0) is 89.4. The standard InChI is InChI=1S/C77H122N18O24/c1-8-42(3)60-72(116)88-52(39-96)67(111)86-51(37-57(80)101)69(113)93-76(6,74(118)89-49(35-45-25-18-17-19-26-45)65(109)82-46(27-20-23-33-78)63(107)83-47(29-30-58(102)103)64(108)84-48(62(81)106)38-59(104)105)31-21-15-13-11-10-12-14-16-22-32-77(7,94-70(114)54(41-98)87-71(115)55-28-24-34-95(55)44(5)99)75(119)90-53(40-97)68(112)85-50(36-56(79)100)66(110)91-61(43(4)9-2)73(117)92-60/h11,13,17-19,25-26,42-43,46-55,60-61,96-98H,8-10,12,14-16,20-24,27-41,78H2,1-7H3,(H2,79,100)(H2,80,101)(H2,81,106)(H,82,109)(H,83,107)(H,84,108)(H,85,112)(H,86,111)(H,87,115)(H,88,116)(H,89,118)(H,90,119)(H,91,110)(H,92,117)(H,93,113)(H,94,114)(H,102,103)(H,104,105)/b13-11+/t42-,43-,46-,47-,48-,49-,50-,51-,52-,53-,54-,55-,60-,61-,76-,77-/m0/s1. The fourth-order valence-electron chi connectivity index (χ4n) is 13.1. The lowest BCUT2D eigenvalue weighted by Gasteiger charge is -2.34. The van der Waals surface area contributed by atoms with E-state index in [4.69, 9.17) is 22.9 Å². The second-order valence-electron chi connectivity index (χ2n) is 30.3. The van der Waals surface area contributed by atoms with E-state index in [1.165, 1.54) is 39.5 Å². The van der Waals surface area contributed by atoms with Crippen LogP contribution in [0.4, 0.5) is 0 Å². The highest BCUT2D eigenvalue weighted by molar-refractivity contribution is 6.03. The molecule has 664 valence electrons. The second-order valence-corrected chi connectivity index (χ2v) is 30.3. The molecule has 1 aromatic rings. The van der Waals surface area contributed by atoms with Crippen molar-refractivity contribution >= 4 is 112 Å². The summed E-state index contributed by atoms with van der Waals surface area (Å²) in [5, 5.41) is 82.5. The Morgan fingerprint density at radius 2 is 1.05 bits per heavy atom. The number of carbonyl (C=O) groups excluding carboxylic acids is 17. The van der Waals surface area contributed by atoms with Crippen LogP contribution in [0.3, 0.4) is 0 Å². The first-order valence-electron chi connectivity index (χ1n) is 39.9. The molecular formula is C77H122N18O24. The lowest BCUT2D eigenvalue weighted by Crippen LogP contribution is -2.65. The normalized spacial score (nSPS) is 24.0. The van der Waals surface area contributed by atoms with Crippen LogP contribution < -0.4 is 92.1 Å². The highest BCUT2D eigenvalue weighted by atomic mass is 16.4. The zero-order valence-electron chi connectivity index (χ0n) is 68.5. The molecule has 2 heterocycles. The number of hydrogen-bond acceptors (Lipinski definition) is 23. The molecule has 0 unspecified atom stereocenters. The van der Waals surface area contributed by atoms with Crippen LogP contribution in [0.15, 0.2) is 42.5 Å². The molecule has 42 nitrogen and oxygen atoms in total. The largest absolute Gasteiger partial charge is 0.481 e. The number of nitrogens with two attached hydrogens (primary N) is 4. The molecule has 0 aromatic heterocycles. The molecule has 16 atom stereocenters. The number of likely N-dealkylation sites (tertiary alicyclic amines) is 1. The maximum Gasteiger partial charge on any atom is 0.305 e. The van der Waals surface area contributed by atoms with Crippen LogP contribution in [0.1, 0.15) is 189 Å². The number of allylic oxidation sites excluding steroid dienone is 2. The van der Waals surface area contributed by atoms with Gasteiger partial charge in [-0.15, -0.1) is 0 Å². The highest BCUT2D eigenvalue weighted by Crippen LogP contribution is 2.23. The number of hydrogen-bond donors (Lipinski definition) is 22. The van der Waals surface area contributed by atoms with E-state index < -0.39 is 260 Å². The molecule has 3 rings (SSSR count). The van der Waals surface area contributed by atoms with Crippen LogP contribution in [0, 0.1) is 11.8 Å². The van der Waals surface area contributed by atoms with Crippen molar-refractivity contribution < 1.29 is 117 Å². The predicted molar refractivity (Wildman–Crippen MR) is 425 cm³/mol. The highest BCUT2D eigenvalue weighted by Gasteiger charge is 2.45. The predicted octanol–water partition coefficient (Wildman–Crippen LogP) is -5.82. The summed E-state index contributed by atoms with van der Waals surface area (Å²) in [5.74, 6) is -23.1. The molecule has 0 radical (unpaired) electrons. The van der Waals surface area contributed by atoms with Crippen LogP contribution in [-0.4, -0.2) is 259 Å². The molecule has 119 heavy (non-hydrogen) atoms. The van der Waals surface area contributed by atoms with Gasteiger partial charge in [-0.3, -0.25) is 91.1 Å². The number of rotatable bonds is 35. The monoisotopic (exact) mass is 1680 g/mol. The molecule has 2 aliphatic heterocycles. The summed E-state index contributed by atoms with van der Waals surface area (Å²) >= 11 is 0. The topological polar surface area (TPSA) is 689 Å². The van der Waals surface area contributed by atoms with Gasteiger partial charge >= 0.3 is 11.9 Å². The van der Waals surface area contributed by atoms with Crippen molar-refractivity contribution in [2.45, 2.75) is 273 Å². The fraction of sp³-hybridized carbons (Fsp3) is 0.649. The molecule has 0 bridgehead atoms. The summed E-state index contributed by atoms with van der Waals surface area (Å²) in [7, 11) is 0. The lowest BCUT2D eigenvalue weighted by molar-refractivity contribution is -0.141. The Bertz CT molecular complexity index is 3740. The van der Waals surface area contributed by atoms with Gasteiger partial charge in [0.2, 0.25) is 100 Å². The van der Waals surface area contributed by atoms with Crippen molar-refractivity contribution in [3.05, 3.63) is 48.0 Å². The summed E-state index contributed by atoms with van der Waals surface area (Å²) in [6.45, 7) is 7.12. The number of unbranched alkanes of at least 4 members (excludes halogenated alkanes) is 1. The number of carboxylic acid groups (broad SMARTS) is 2. The third-order valence-corrected chi connectivity index (χ3v) is 20.7. The minimum absolute atomic E-state index is 0.0635. The molecular weight excluding hydrogens is 1560 g/mol. The summed E-state index contributed by atoms with van der Waals surface area (Å²) in [5.41, 5.74) is 18.6. The number of aliphatic hydroxyl groups excluding tert-OH is 3. The number of primary amides is 3. The van der Waals surface area contributed by atoms with E-state index >= 15 is 4.79 Å². The average Bonchev–Trinajstić information content (AvgIpc) is 1.26. The molecule has 1 saturated heterocycles. The van der Waals surface area contributed by atoms with Gasteiger partial charge in [0.05, 0.1) is 39.1 Å². The summed E-state index contributed by atoms with van der Waals surface area (Å²) in [6.07, 6.45) is 2.00. The van der Waals surface area contributed by atoms with E-state index in [9.17, 15) is 112 Å². The van der Waals surface area contributed by atoms with Gasteiger partial charge in [-0.1, -0.05) is 102 Å². The smallest absolute Gasteiger partial charge is 0.305 e. The van der Waals surface area contributed by atoms with Crippen molar-refractivity contribution in [2.75, 3.05) is 32.9 Å². The lowest BCUT2D eigenvalue weighted by atomic mass is 9.91. The van der Waals surface area contributed by atoms with Crippen molar-refractivity contribution in [2.24, 2.45) is 34.8 Å². The third-order valence-electron chi connectivity index (χ3n) is 20.7. The zero-order valence-corrected chi connectivity index (χ0v) is 68.5. The summed E-state index contributed by atoms with van der Waals surface area (Å²) in [4.78, 5) is 262. The Morgan fingerprint density at radius 1 is 0.546 bits per heavy atom. The first kappa shape index (κ1) is 102. The molecule has 0 spiro atoms. The Kier molecular flexibility index (Phi) is 43.8. The van der Waals surface area contributed by atoms with Crippen LogP contribution in [0.2, 0.25) is 0 Å². The van der Waals surface area contributed by atoms with Gasteiger partial charge in [-0.2, -0.15) is 0 Å². The molecule has 26 N–H and O–H groups in total. The number of amides is 17. The Hall–Kier alpha value is -11.3. The average molecular weight is 1680 g/mol. The van der Waals surface area contributed by atoms with Crippen LogP contribution in [0.25, 0.3) is 0 Å². The van der Waals surface area contributed by atoms with E-state index in [2.05, 4.69) is 69.1 Å². The molecule has 1 aromatic carbocycles. The van der Waals surface area contributed by atoms with Crippen molar-refractivity contribution in [1.29, 1.82) is 0 Å². The Morgan fingerprint density at radius 3 is 1.57 bits per heavy atom. The van der Waals surface area contributed by atoms with E-state index in [0.717, 1.165) is 0 Å². The second kappa shape index (κ2) is 51.1. The molecule has 1 fully saturated rings. The van der Waals surface area contributed by atoms with Gasteiger partial charge in [0.1, 0.15) is 83.6 Å². The Labute approximate surface area is 689 Å². The van der Waals surface area contributed by atoms with Gasteiger partial charge in [0, 0.05) is 26.3 Å². The maximum atomic E-state index is 15.3. The van der Waals surface area contributed by atoms with Crippen LogP contribution in [-0.2, 0) is 97.5 Å². The first-order valence-corrected chi connectivity index (χ1v) is 39.9. The molecule has 42 heteroatoms. The van der Waals surface area contributed by atoms with Crippen molar-refractivity contribution in [1.82, 2.24) is 74.0 Å². The number of carbonyl (C=O) groups is 19. The Balaban J connectivity index is 2.24. The third kappa shape index (κ3) is 34.3. The molecule has 2 aliphatic rings. The SMILES string of the molecule is CC[C@H](C)[C@@H]1NC(=O)[C@H](CC(N)=O)NC(=O)[C@H](CO)NC(=O)[C@@](C)(NC(=O)[C@H](CO)NC(=O)[C@@H]2CCCN2C(C)=O)CCCCCC/C=C/CCC[C@@](C)(C(=O)N[C@@H](Cc2ccccc2)C(=O)N[C@@H](CCCCN)C(=O)N[C@@H](CCC(=O)O)C(=O)N[C@@H](CC(=O)O)C(N)=O)NC(=O)[C@H](CC(N)=O)NC(=O)[C@H](CO)NC(=O)[C@H]([C@@H](C)CC)NC1=O.